The molecule has 19 heavy (non-hydrogen) atoms. The molecule has 4 heteroatoms. The Morgan fingerprint density at radius 3 is 3.05 bits per heavy atom. The Labute approximate surface area is 113 Å². The van der Waals surface area contributed by atoms with Crippen LogP contribution in [0.5, 0.6) is 0 Å². The van der Waals surface area contributed by atoms with E-state index in [-0.39, 0.29) is 11.8 Å². The lowest BCUT2D eigenvalue weighted by Gasteiger charge is -2.16. The summed E-state index contributed by atoms with van der Waals surface area (Å²) in [6.45, 7) is 1.41. The van der Waals surface area contributed by atoms with Gasteiger partial charge in [0.25, 0.3) is 0 Å². The topological polar surface area (TPSA) is 73.1 Å². The molecule has 0 bridgehead atoms. The fraction of sp³-hybridized carbons (Fsp3) is 0.467. The number of rotatable bonds is 5. The van der Waals surface area contributed by atoms with Gasteiger partial charge in [0.15, 0.2) is 0 Å². The van der Waals surface area contributed by atoms with Gasteiger partial charge in [-0.15, -0.1) is 0 Å². The number of benzene rings is 1. The highest BCUT2D eigenvalue weighted by molar-refractivity contribution is 5.70. The fourth-order valence-electron chi connectivity index (χ4n) is 2.76. The molecule has 0 heterocycles. The molecule has 4 nitrogen and oxygen atoms in total. The van der Waals surface area contributed by atoms with E-state index < -0.39 is 5.97 Å². The summed E-state index contributed by atoms with van der Waals surface area (Å²) in [6, 6.07) is 9.59. The molecule has 1 aromatic carbocycles. The molecule has 2 rings (SSSR count). The minimum absolute atomic E-state index is 0.196. The molecule has 0 saturated heterocycles. The molecule has 1 aromatic rings. The SMILES string of the molecule is N#Cc1cccc(CNCC2CCCC2C(=O)O)c1. The first-order valence-electron chi connectivity index (χ1n) is 6.63. The molecule has 1 saturated carbocycles. The summed E-state index contributed by atoms with van der Waals surface area (Å²) in [5.74, 6) is -0.634. The van der Waals surface area contributed by atoms with Gasteiger partial charge in [0.1, 0.15) is 0 Å². The molecule has 0 spiro atoms. The average Bonchev–Trinajstić information content (AvgIpc) is 2.87. The lowest BCUT2D eigenvalue weighted by molar-refractivity contribution is -0.142. The molecule has 0 aliphatic heterocycles. The standard InChI is InChI=1S/C15H18N2O2/c16-8-11-3-1-4-12(7-11)9-17-10-13-5-2-6-14(13)15(18)19/h1,3-4,7,13-14,17H,2,5-6,9-10H2,(H,18,19). The molecule has 0 amide bonds. The molecule has 0 aromatic heterocycles. The summed E-state index contributed by atoms with van der Waals surface area (Å²) in [5.41, 5.74) is 1.72. The van der Waals surface area contributed by atoms with Crippen LogP contribution in [0.15, 0.2) is 24.3 Å². The maximum atomic E-state index is 11.1. The Morgan fingerprint density at radius 2 is 2.32 bits per heavy atom. The third-order valence-electron chi connectivity index (χ3n) is 3.77. The summed E-state index contributed by atoms with van der Waals surface area (Å²) in [5, 5.41) is 21.2. The minimum atomic E-state index is -0.671. The Balaban J connectivity index is 1.83. The number of nitrogens with one attached hydrogen (secondary N) is 1. The van der Waals surface area contributed by atoms with Crippen LogP contribution in [0.4, 0.5) is 0 Å². The second kappa shape index (κ2) is 6.35. The highest BCUT2D eigenvalue weighted by atomic mass is 16.4. The first-order valence-corrected chi connectivity index (χ1v) is 6.63. The van der Waals surface area contributed by atoms with Gasteiger partial charge in [0, 0.05) is 6.54 Å². The van der Waals surface area contributed by atoms with Crippen LogP contribution in [-0.4, -0.2) is 17.6 Å². The van der Waals surface area contributed by atoms with Crippen molar-refractivity contribution < 1.29 is 9.90 Å². The number of hydrogen-bond donors (Lipinski definition) is 2. The van der Waals surface area contributed by atoms with Gasteiger partial charge in [-0.25, -0.2) is 0 Å². The van der Waals surface area contributed by atoms with E-state index in [0.29, 0.717) is 12.1 Å². The van der Waals surface area contributed by atoms with Crippen LogP contribution in [0.2, 0.25) is 0 Å². The Hall–Kier alpha value is -1.86. The van der Waals surface area contributed by atoms with Crippen molar-refractivity contribution in [1.29, 1.82) is 5.26 Å². The van der Waals surface area contributed by atoms with E-state index in [0.717, 1.165) is 31.4 Å². The number of carboxylic acids is 1. The smallest absolute Gasteiger partial charge is 0.306 e. The molecule has 100 valence electrons. The molecule has 2 N–H and O–H groups in total. The van der Waals surface area contributed by atoms with Gasteiger partial charge in [-0.1, -0.05) is 18.6 Å². The van der Waals surface area contributed by atoms with E-state index in [2.05, 4.69) is 11.4 Å². The fourth-order valence-corrected chi connectivity index (χ4v) is 2.76. The third-order valence-corrected chi connectivity index (χ3v) is 3.77. The highest BCUT2D eigenvalue weighted by Gasteiger charge is 2.32. The molecule has 1 aliphatic carbocycles. The van der Waals surface area contributed by atoms with Gasteiger partial charge < -0.3 is 10.4 Å². The van der Waals surface area contributed by atoms with E-state index >= 15 is 0 Å². The molecular weight excluding hydrogens is 240 g/mol. The summed E-state index contributed by atoms with van der Waals surface area (Å²) in [4.78, 5) is 11.1. The van der Waals surface area contributed by atoms with Crippen LogP contribution >= 0.6 is 0 Å². The lowest BCUT2D eigenvalue weighted by Crippen LogP contribution is -2.28. The molecule has 1 fully saturated rings. The van der Waals surface area contributed by atoms with Crippen molar-refractivity contribution in [3.8, 4) is 6.07 Å². The molecule has 0 radical (unpaired) electrons. The van der Waals surface area contributed by atoms with Crippen molar-refractivity contribution in [2.75, 3.05) is 6.54 Å². The lowest BCUT2D eigenvalue weighted by atomic mass is 9.96. The van der Waals surface area contributed by atoms with Crippen LogP contribution in [-0.2, 0) is 11.3 Å². The van der Waals surface area contributed by atoms with Crippen molar-refractivity contribution in [2.24, 2.45) is 11.8 Å². The van der Waals surface area contributed by atoms with Gasteiger partial charge in [-0.2, -0.15) is 5.26 Å². The van der Waals surface area contributed by atoms with Crippen LogP contribution < -0.4 is 5.32 Å². The molecular formula is C15H18N2O2. The van der Waals surface area contributed by atoms with Gasteiger partial charge in [-0.3, -0.25) is 4.79 Å². The molecule has 1 aliphatic rings. The van der Waals surface area contributed by atoms with E-state index in [1.807, 2.05) is 18.2 Å². The van der Waals surface area contributed by atoms with Crippen LogP contribution in [0.25, 0.3) is 0 Å². The zero-order chi connectivity index (χ0) is 13.7. The Kier molecular flexibility index (Phi) is 4.53. The number of hydrogen-bond acceptors (Lipinski definition) is 3. The van der Waals surface area contributed by atoms with Gasteiger partial charge in [0.2, 0.25) is 0 Å². The minimum Gasteiger partial charge on any atom is -0.481 e. The summed E-state index contributed by atoms with van der Waals surface area (Å²) in [6.07, 6.45) is 2.79. The zero-order valence-electron chi connectivity index (χ0n) is 10.8. The third kappa shape index (κ3) is 3.55. The first kappa shape index (κ1) is 13.6. The zero-order valence-corrected chi connectivity index (χ0v) is 10.8. The predicted molar refractivity (Wildman–Crippen MR) is 71.3 cm³/mol. The highest BCUT2D eigenvalue weighted by Crippen LogP contribution is 2.31. The normalized spacial score (nSPS) is 22.1. The van der Waals surface area contributed by atoms with E-state index in [4.69, 9.17) is 10.4 Å². The van der Waals surface area contributed by atoms with E-state index in [9.17, 15) is 4.79 Å². The number of carboxylic acid groups (broad SMARTS) is 1. The van der Waals surface area contributed by atoms with Crippen molar-refractivity contribution in [1.82, 2.24) is 5.32 Å². The Morgan fingerprint density at radius 1 is 1.47 bits per heavy atom. The number of nitrogens with zero attached hydrogens (tertiary/aromatic N) is 1. The van der Waals surface area contributed by atoms with Crippen LogP contribution in [0.3, 0.4) is 0 Å². The summed E-state index contributed by atoms with van der Waals surface area (Å²) >= 11 is 0. The van der Waals surface area contributed by atoms with Crippen LogP contribution in [0, 0.1) is 23.2 Å². The van der Waals surface area contributed by atoms with Crippen molar-refractivity contribution in [3.63, 3.8) is 0 Å². The predicted octanol–water partition coefficient (Wildman–Crippen LogP) is 2.15. The Bertz CT molecular complexity index is 493. The van der Waals surface area contributed by atoms with Crippen LogP contribution in [0.1, 0.15) is 30.4 Å². The maximum absolute atomic E-state index is 11.1. The summed E-state index contributed by atoms with van der Waals surface area (Å²) < 4.78 is 0. The van der Waals surface area contributed by atoms with E-state index in [1.165, 1.54) is 0 Å². The second-order valence-electron chi connectivity index (χ2n) is 5.08. The van der Waals surface area contributed by atoms with E-state index in [1.54, 1.807) is 6.07 Å². The van der Waals surface area contributed by atoms with Crippen molar-refractivity contribution >= 4 is 5.97 Å². The van der Waals surface area contributed by atoms with Gasteiger partial charge in [-0.05, 0) is 43.0 Å². The quantitative estimate of drug-likeness (QED) is 0.848. The first-order chi connectivity index (χ1) is 9.20. The summed E-state index contributed by atoms with van der Waals surface area (Å²) in [7, 11) is 0. The average molecular weight is 258 g/mol. The van der Waals surface area contributed by atoms with Gasteiger partial charge in [0.05, 0.1) is 17.6 Å². The molecule has 2 atom stereocenters. The molecule has 2 unspecified atom stereocenters. The maximum Gasteiger partial charge on any atom is 0.306 e. The number of nitriles is 1. The number of carbonyl (C=O) groups is 1. The monoisotopic (exact) mass is 258 g/mol. The van der Waals surface area contributed by atoms with Crippen molar-refractivity contribution in [3.05, 3.63) is 35.4 Å². The van der Waals surface area contributed by atoms with Gasteiger partial charge >= 0.3 is 5.97 Å². The second-order valence-corrected chi connectivity index (χ2v) is 5.08. The number of aliphatic carboxylic acids is 1. The largest absolute Gasteiger partial charge is 0.481 e. The van der Waals surface area contributed by atoms with Crippen molar-refractivity contribution in [2.45, 2.75) is 25.8 Å².